The number of rotatable bonds is 0. The van der Waals surface area contributed by atoms with Gasteiger partial charge in [0, 0.05) is 12.3 Å². The van der Waals surface area contributed by atoms with Crippen LogP contribution < -0.4 is 0 Å². The minimum absolute atomic E-state index is 0.0683. The number of β-lactam (4-membered cyclic amide) rings is 1. The van der Waals surface area contributed by atoms with E-state index in [0.717, 1.165) is 12.3 Å². The van der Waals surface area contributed by atoms with E-state index in [2.05, 4.69) is 0 Å². The first-order chi connectivity index (χ1) is 4.64. The third-order valence-electron chi connectivity index (χ3n) is 2.32. The van der Waals surface area contributed by atoms with Crippen LogP contribution in [0.2, 0.25) is 0 Å². The number of hydrogen-bond acceptors (Lipinski definition) is 2. The molecule has 2 aliphatic rings. The van der Waals surface area contributed by atoms with Gasteiger partial charge in [-0.05, 0) is 13.8 Å². The number of thioether (sulfide) groups is 1. The van der Waals surface area contributed by atoms with Gasteiger partial charge in [-0.2, -0.15) is 0 Å². The normalized spacial score (nSPS) is 35.6. The quantitative estimate of drug-likeness (QED) is 0.487. The molecule has 0 aliphatic carbocycles. The van der Waals surface area contributed by atoms with Crippen LogP contribution in [-0.4, -0.2) is 28.5 Å². The van der Waals surface area contributed by atoms with E-state index in [9.17, 15) is 4.79 Å². The van der Waals surface area contributed by atoms with Gasteiger partial charge in [-0.25, -0.2) is 0 Å². The Kier molecular flexibility index (Phi) is 1.11. The molecule has 1 amide bonds. The average Bonchev–Trinajstić information content (AvgIpc) is 2.31. The van der Waals surface area contributed by atoms with Crippen molar-refractivity contribution in [2.45, 2.75) is 19.2 Å². The summed E-state index contributed by atoms with van der Waals surface area (Å²) in [5.74, 6) is 1.46. The van der Waals surface area contributed by atoms with Crippen LogP contribution in [0.1, 0.15) is 13.8 Å². The van der Waals surface area contributed by atoms with Crippen molar-refractivity contribution in [2.24, 2.45) is 5.41 Å². The molecule has 0 N–H and O–H groups in total. The number of fused-ring (bicyclic) bond motifs is 1. The lowest BCUT2D eigenvalue weighted by molar-refractivity contribution is -0.157. The second-order valence-corrected chi connectivity index (χ2v) is 4.63. The van der Waals surface area contributed by atoms with Gasteiger partial charge in [-0.1, -0.05) is 0 Å². The zero-order valence-electron chi connectivity index (χ0n) is 6.26. The number of carbonyl (C=O) groups is 1. The zero-order valence-corrected chi connectivity index (χ0v) is 7.07. The van der Waals surface area contributed by atoms with Gasteiger partial charge >= 0.3 is 0 Å². The second-order valence-electron chi connectivity index (χ2n) is 3.44. The highest BCUT2D eigenvalue weighted by molar-refractivity contribution is 8.00. The summed E-state index contributed by atoms with van der Waals surface area (Å²) in [6.45, 7) is 5.04. The third kappa shape index (κ3) is 0.546. The van der Waals surface area contributed by atoms with E-state index in [1.54, 1.807) is 0 Å². The van der Waals surface area contributed by atoms with Crippen LogP contribution in [0.3, 0.4) is 0 Å². The first kappa shape index (κ1) is 6.53. The number of hydrogen-bond donors (Lipinski definition) is 0. The van der Waals surface area contributed by atoms with Gasteiger partial charge in [-0.15, -0.1) is 11.8 Å². The third-order valence-corrected chi connectivity index (χ3v) is 3.90. The maximum absolute atomic E-state index is 11.3. The van der Waals surface area contributed by atoms with Crippen molar-refractivity contribution in [1.29, 1.82) is 0 Å². The van der Waals surface area contributed by atoms with E-state index < -0.39 is 0 Å². The van der Waals surface area contributed by atoms with Gasteiger partial charge in [0.25, 0.3) is 0 Å². The number of nitrogens with zero attached hydrogens (tertiary/aromatic N) is 1. The predicted molar refractivity (Wildman–Crippen MR) is 41.7 cm³/mol. The van der Waals surface area contributed by atoms with Gasteiger partial charge in [0.15, 0.2) is 0 Å². The van der Waals surface area contributed by atoms with Crippen LogP contribution in [0.4, 0.5) is 0 Å². The molecule has 2 saturated heterocycles. The molecule has 0 aromatic carbocycles. The largest absolute Gasteiger partial charge is 0.328 e. The smallest absolute Gasteiger partial charge is 0.232 e. The molecular weight excluding hydrogens is 146 g/mol. The van der Waals surface area contributed by atoms with Crippen LogP contribution in [0.25, 0.3) is 0 Å². The molecule has 10 heavy (non-hydrogen) atoms. The van der Waals surface area contributed by atoms with Gasteiger partial charge in [0.1, 0.15) is 0 Å². The SMILES string of the molecule is CC1(C)C(=O)N2CCSC21. The minimum atomic E-state index is -0.0683. The van der Waals surface area contributed by atoms with E-state index in [4.69, 9.17) is 0 Å². The van der Waals surface area contributed by atoms with Crippen LogP contribution in [0.15, 0.2) is 0 Å². The summed E-state index contributed by atoms with van der Waals surface area (Å²) in [5.41, 5.74) is -0.0683. The van der Waals surface area contributed by atoms with E-state index in [1.165, 1.54) is 0 Å². The van der Waals surface area contributed by atoms with Crippen molar-refractivity contribution < 1.29 is 4.79 Å². The molecule has 0 saturated carbocycles. The molecule has 1 atom stereocenters. The number of carbonyl (C=O) groups excluding carboxylic acids is 1. The fourth-order valence-electron chi connectivity index (χ4n) is 1.69. The molecule has 0 aromatic heterocycles. The highest BCUT2D eigenvalue weighted by Crippen LogP contribution is 2.48. The van der Waals surface area contributed by atoms with Crippen molar-refractivity contribution in [3.63, 3.8) is 0 Å². The maximum atomic E-state index is 11.3. The summed E-state index contributed by atoms with van der Waals surface area (Å²) < 4.78 is 0. The van der Waals surface area contributed by atoms with Crippen molar-refractivity contribution in [3.8, 4) is 0 Å². The lowest BCUT2D eigenvalue weighted by Crippen LogP contribution is -2.62. The predicted octanol–water partition coefficient (Wildman–Crippen LogP) is 0.928. The molecule has 0 spiro atoms. The maximum Gasteiger partial charge on any atom is 0.232 e. The highest BCUT2D eigenvalue weighted by Gasteiger charge is 2.56. The van der Waals surface area contributed by atoms with Gasteiger partial charge in [0.2, 0.25) is 5.91 Å². The molecule has 1 unspecified atom stereocenters. The topological polar surface area (TPSA) is 20.3 Å². The van der Waals surface area contributed by atoms with Crippen LogP contribution >= 0.6 is 11.8 Å². The summed E-state index contributed by atoms with van der Waals surface area (Å²) >= 11 is 1.91. The fraction of sp³-hybridized carbons (Fsp3) is 0.857. The summed E-state index contributed by atoms with van der Waals surface area (Å²) in [6.07, 6.45) is 0. The van der Waals surface area contributed by atoms with Crippen LogP contribution in [0.5, 0.6) is 0 Å². The van der Waals surface area contributed by atoms with Crippen LogP contribution in [0, 0.1) is 5.41 Å². The van der Waals surface area contributed by atoms with Crippen molar-refractivity contribution in [3.05, 3.63) is 0 Å². The Morgan fingerprint density at radius 1 is 1.70 bits per heavy atom. The Morgan fingerprint density at radius 2 is 2.40 bits per heavy atom. The van der Waals surface area contributed by atoms with Gasteiger partial charge in [0.05, 0.1) is 10.8 Å². The monoisotopic (exact) mass is 157 g/mol. The van der Waals surface area contributed by atoms with E-state index in [1.807, 2.05) is 30.5 Å². The molecule has 3 heteroatoms. The molecule has 0 radical (unpaired) electrons. The van der Waals surface area contributed by atoms with Crippen molar-refractivity contribution >= 4 is 17.7 Å². The van der Waals surface area contributed by atoms with Gasteiger partial charge < -0.3 is 4.90 Å². The first-order valence-corrected chi connectivity index (χ1v) is 4.61. The molecule has 0 aromatic rings. The molecule has 2 nitrogen and oxygen atoms in total. The van der Waals surface area contributed by atoms with E-state index in [0.29, 0.717) is 11.3 Å². The molecule has 2 heterocycles. The lowest BCUT2D eigenvalue weighted by Gasteiger charge is -2.48. The Hall–Kier alpha value is -0.180. The van der Waals surface area contributed by atoms with E-state index in [-0.39, 0.29) is 5.41 Å². The van der Waals surface area contributed by atoms with Crippen molar-refractivity contribution in [2.75, 3.05) is 12.3 Å². The molecule has 2 aliphatic heterocycles. The Labute approximate surface area is 65.0 Å². The highest BCUT2D eigenvalue weighted by atomic mass is 32.2. The second kappa shape index (κ2) is 1.70. The summed E-state index contributed by atoms with van der Waals surface area (Å²) in [4.78, 5) is 13.3. The summed E-state index contributed by atoms with van der Waals surface area (Å²) in [6, 6.07) is 0. The first-order valence-electron chi connectivity index (χ1n) is 3.57. The van der Waals surface area contributed by atoms with E-state index >= 15 is 0 Å². The summed E-state index contributed by atoms with van der Waals surface area (Å²) in [7, 11) is 0. The van der Waals surface area contributed by atoms with Crippen molar-refractivity contribution in [1.82, 2.24) is 4.90 Å². The molecule has 0 bridgehead atoms. The molecular formula is C7H11NOS. The lowest BCUT2D eigenvalue weighted by atomic mass is 9.83. The van der Waals surface area contributed by atoms with Gasteiger partial charge in [-0.3, -0.25) is 4.79 Å². The van der Waals surface area contributed by atoms with Crippen LogP contribution in [-0.2, 0) is 4.79 Å². The standard InChI is InChI=1S/C7H11NOS/c1-7(2)5(9)8-3-4-10-6(7)8/h6H,3-4H2,1-2H3. The molecule has 56 valence electrons. The minimum Gasteiger partial charge on any atom is -0.328 e. The average molecular weight is 157 g/mol. The summed E-state index contributed by atoms with van der Waals surface area (Å²) in [5, 5.41) is 0.486. The Morgan fingerprint density at radius 3 is 3.00 bits per heavy atom. The zero-order chi connectivity index (χ0) is 7.35. The Balaban J connectivity index is 2.23. The Bertz CT molecular complexity index is 190. The molecule has 2 rings (SSSR count). The number of amides is 1. The fourth-order valence-corrected chi connectivity index (χ4v) is 3.11. The molecule has 2 fully saturated rings.